The first-order valence-corrected chi connectivity index (χ1v) is 13.4. The van der Waals surface area contributed by atoms with Gasteiger partial charge >= 0.3 is 12.1 Å². The molecule has 2 saturated heterocycles. The predicted octanol–water partition coefficient (Wildman–Crippen LogP) is 4.73. The normalized spacial score (nSPS) is 17.3. The Morgan fingerprint density at radius 1 is 0.833 bits per heavy atom. The van der Waals surface area contributed by atoms with Crippen molar-refractivity contribution >= 4 is 12.1 Å². The van der Waals surface area contributed by atoms with Gasteiger partial charge in [-0.05, 0) is 49.7 Å². The Hall–Kier alpha value is -3.06. The third-order valence-corrected chi connectivity index (χ3v) is 7.26. The molecule has 0 bridgehead atoms. The van der Waals surface area contributed by atoms with Gasteiger partial charge in [-0.25, -0.2) is 9.59 Å². The maximum atomic E-state index is 12.9. The monoisotopic (exact) mass is 492 g/mol. The fourth-order valence-corrected chi connectivity index (χ4v) is 5.24. The van der Waals surface area contributed by atoms with E-state index in [1.54, 1.807) is 4.90 Å². The van der Waals surface area contributed by atoms with Crippen molar-refractivity contribution in [3.63, 3.8) is 0 Å². The first kappa shape index (κ1) is 26.0. The molecule has 2 heterocycles. The molecule has 2 aromatic rings. The van der Waals surface area contributed by atoms with Crippen molar-refractivity contribution in [2.75, 3.05) is 39.3 Å². The van der Waals surface area contributed by atoms with E-state index in [4.69, 9.17) is 4.74 Å². The number of carbonyl (C=O) groups is 2. The number of piperidine rings is 2. The van der Waals surface area contributed by atoms with Crippen molar-refractivity contribution in [2.24, 2.45) is 5.92 Å². The summed E-state index contributed by atoms with van der Waals surface area (Å²) < 4.78 is 5.08. The minimum atomic E-state index is -0.252. The summed E-state index contributed by atoms with van der Waals surface area (Å²) in [6, 6.07) is 21.5. The number of ether oxygens (including phenoxy) is 1. The van der Waals surface area contributed by atoms with Gasteiger partial charge in [-0.15, -0.1) is 0 Å². The molecule has 0 atom stereocenters. The van der Waals surface area contributed by atoms with Gasteiger partial charge in [-0.1, -0.05) is 60.7 Å². The third-order valence-electron chi connectivity index (χ3n) is 7.26. The molecule has 7 heteroatoms. The van der Waals surface area contributed by atoms with Gasteiger partial charge in [0.05, 0.1) is 6.61 Å². The lowest BCUT2D eigenvalue weighted by Gasteiger charge is -2.37. The predicted molar refractivity (Wildman–Crippen MR) is 141 cm³/mol. The van der Waals surface area contributed by atoms with Crippen LogP contribution in [0, 0.1) is 5.92 Å². The topological polar surface area (TPSA) is 65.1 Å². The Labute approximate surface area is 215 Å². The van der Waals surface area contributed by atoms with Gasteiger partial charge < -0.3 is 19.9 Å². The molecule has 0 spiro atoms. The first-order valence-electron chi connectivity index (χ1n) is 13.4. The number of hydrogen-bond donors (Lipinski definition) is 1. The van der Waals surface area contributed by atoms with E-state index in [-0.39, 0.29) is 18.2 Å². The zero-order valence-electron chi connectivity index (χ0n) is 21.5. The van der Waals surface area contributed by atoms with Gasteiger partial charge in [0.2, 0.25) is 0 Å². The molecular formula is C29H40N4O3. The molecule has 0 unspecified atom stereocenters. The van der Waals surface area contributed by atoms with Crippen LogP contribution in [0.4, 0.5) is 9.59 Å². The van der Waals surface area contributed by atoms with Crippen LogP contribution >= 0.6 is 0 Å². The summed E-state index contributed by atoms with van der Waals surface area (Å²) in [4.78, 5) is 31.0. The fourth-order valence-electron chi connectivity index (χ4n) is 5.24. The summed E-state index contributed by atoms with van der Waals surface area (Å²) in [6.07, 6.45) is 3.34. The molecule has 0 aromatic heterocycles. The Balaban J connectivity index is 1.23. The van der Waals surface area contributed by atoms with Crippen LogP contribution in [0.15, 0.2) is 60.7 Å². The minimum Gasteiger partial charge on any atom is -0.450 e. The van der Waals surface area contributed by atoms with Crippen LogP contribution in [-0.4, -0.2) is 72.2 Å². The number of amides is 3. The van der Waals surface area contributed by atoms with Crippen molar-refractivity contribution in [1.82, 2.24) is 20.0 Å². The van der Waals surface area contributed by atoms with Gasteiger partial charge in [-0.2, -0.15) is 0 Å². The van der Waals surface area contributed by atoms with E-state index in [1.165, 1.54) is 11.1 Å². The Kier molecular flexibility index (Phi) is 9.61. The molecule has 2 aromatic carbocycles. The van der Waals surface area contributed by atoms with Crippen molar-refractivity contribution in [2.45, 2.75) is 51.7 Å². The van der Waals surface area contributed by atoms with Crippen molar-refractivity contribution in [3.8, 4) is 0 Å². The fraction of sp³-hybridized carbons (Fsp3) is 0.517. The molecule has 2 fully saturated rings. The maximum absolute atomic E-state index is 12.9. The van der Waals surface area contributed by atoms with Gasteiger partial charge in [0.25, 0.3) is 0 Å². The zero-order valence-corrected chi connectivity index (χ0v) is 21.5. The average molecular weight is 493 g/mol. The molecule has 4 rings (SSSR count). The van der Waals surface area contributed by atoms with Gasteiger partial charge in [0.1, 0.15) is 0 Å². The number of nitrogens with zero attached hydrogens (tertiary/aromatic N) is 3. The summed E-state index contributed by atoms with van der Waals surface area (Å²) in [7, 11) is 0. The first-order chi connectivity index (χ1) is 17.6. The number of rotatable bonds is 8. The number of nitrogens with one attached hydrogen (secondary N) is 1. The molecule has 0 radical (unpaired) electrons. The molecule has 1 N–H and O–H groups in total. The van der Waals surface area contributed by atoms with Crippen LogP contribution in [0.5, 0.6) is 0 Å². The molecule has 194 valence electrons. The van der Waals surface area contributed by atoms with Crippen LogP contribution < -0.4 is 5.32 Å². The second kappa shape index (κ2) is 13.3. The molecule has 36 heavy (non-hydrogen) atoms. The number of hydrogen-bond acceptors (Lipinski definition) is 4. The van der Waals surface area contributed by atoms with Gasteiger partial charge in [0.15, 0.2) is 0 Å². The molecule has 3 amide bonds. The number of benzene rings is 2. The average Bonchev–Trinajstić information content (AvgIpc) is 2.91. The largest absolute Gasteiger partial charge is 0.450 e. The lowest BCUT2D eigenvalue weighted by atomic mass is 9.95. The molecule has 2 aliphatic heterocycles. The lowest BCUT2D eigenvalue weighted by Crippen LogP contribution is -2.52. The Bertz CT molecular complexity index is 898. The van der Waals surface area contributed by atoms with E-state index in [0.717, 1.165) is 58.4 Å². The summed E-state index contributed by atoms with van der Waals surface area (Å²) >= 11 is 0. The van der Waals surface area contributed by atoms with Crippen LogP contribution in [0.2, 0.25) is 0 Å². The highest BCUT2D eigenvalue weighted by molar-refractivity contribution is 5.74. The smallest absolute Gasteiger partial charge is 0.409 e. The summed E-state index contributed by atoms with van der Waals surface area (Å²) in [5.41, 5.74) is 2.67. The molecule has 0 aliphatic carbocycles. The van der Waals surface area contributed by atoms with Crippen molar-refractivity contribution in [1.29, 1.82) is 0 Å². The lowest BCUT2D eigenvalue weighted by molar-refractivity contribution is 0.0944. The van der Waals surface area contributed by atoms with Crippen molar-refractivity contribution < 1.29 is 14.3 Å². The third kappa shape index (κ3) is 7.72. The SMILES string of the molecule is CCOC(=O)N1CCC(NC(=O)N2CCC(CN(Cc3ccccc3)Cc3ccccc3)CC2)CC1. The second-order valence-corrected chi connectivity index (χ2v) is 9.98. The Morgan fingerprint density at radius 2 is 1.36 bits per heavy atom. The van der Waals surface area contributed by atoms with Gasteiger partial charge in [0, 0.05) is 51.9 Å². The van der Waals surface area contributed by atoms with Gasteiger partial charge in [-0.3, -0.25) is 4.90 Å². The van der Waals surface area contributed by atoms with E-state index in [2.05, 4.69) is 70.9 Å². The number of carbonyl (C=O) groups excluding carboxylic acids is 2. The molecular weight excluding hydrogens is 452 g/mol. The minimum absolute atomic E-state index is 0.0356. The summed E-state index contributed by atoms with van der Waals surface area (Å²) in [6.45, 7) is 7.95. The summed E-state index contributed by atoms with van der Waals surface area (Å²) in [5.74, 6) is 0.578. The maximum Gasteiger partial charge on any atom is 0.409 e. The van der Waals surface area contributed by atoms with E-state index >= 15 is 0 Å². The highest BCUT2D eigenvalue weighted by Gasteiger charge is 2.28. The van der Waals surface area contributed by atoms with E-state index < -0.39 is 0 Å². The zero-order chi connectivity index (χ0) is 25.2. The van der Waals surface area contributed by atoms with E-state index in [0.29, 0.717) is 25.6 Å². The molecule has 0 saturated carbocycles. The highest BCUT2D eigenvalue weighted by Crippen LogP contribution is 2.22. The quantitative estimate of drug-likeness (QED) is 0.579. The second-order valence-electron chi connectivity index (χ2n) is 9.98. The standard InChI is InChI=1S/C29H40N4O3/c1-2-36-29(35)33-19-15-27(16-20-33)30-28(34)32-17-13-26(14-18-32)23-31(21-24-9-5-3-6-10-24)22-25-11-7-4-8-12-25/h3-12,26-27H,2,13-23H2,1H3,(H,30,34). The van der Waals surface area contributed by atoms with Crippen LogP contribution in [-0.2, 0) is 17.8 Å². The Morgan fingerprint density at radius 3 is 1.89 bits per heavy atom. The summed E-state index contributed by atoms with van der Waals surface area (Å²) in [5, 5.41) is 3.20. The van der Waals surface area contributed by atoms with Crippen molar-refractivity contribution in [3.05, 3.63) is 71.8 Å². The molecule has 7 nitrogen and oxygen atoms in total. The van der Waals surface area contributed by atoms with E-state index in [9.17, 15) is 9.59 Å². The van der Waals surface area contributed by atoms with Crippen LogP contribution in [0.3, 0.4) is 0 Å². The van der Waals surface area contributed by atoms with Crippen LogP contribution in [0.1, 0.15) is 43.7 Å². The number of likely N-dealkylation sites (tertiary alicyclic amines) is 2. The highest BCUT2D eigenvalue weighted by atomic mass is 16.6. The van der Waals surface area contributed by atoms with Crippen LogP contribution in [0.25, 0.3) is 0 Å². The number of urea groups is 1. The molecule has 2 aliphatic rings. The van der Waals surface area contributed by atoms with E-state index in [1.807, 2.05) is 11.8 Å².